The summed E-state index contributed by atoms with van der Waals surface area (Å²) in [5, 5.41) is 21.3. The van der Waals surface area contributed by atoms with Crippen LogP contribution in [0.25, 0.3) is 28.0 Å². The molecule has 0 aliphatic rings. The maximum atomic E-state index is 14.8. The van der Waals surface area contributed by atoms with Crippen LogP contribution in [0.15, 0.2) is 36.7 Å². The number of carbonyl (C=O) groups excluding carboxylic acids is 1. The second kappa shape index (κ2) is 6.90. The van der Waals surface area contributed by atoms with Gasteiger partial charge in [0.1, 0.15) is 5.82 Å². The largest absolute Gasteiger partial charge is 0.503 e. The summed E-state index contributed by atoms with van der Waals surface area (Å²) >= 11 is 0. The molecule has 4 rings (SSSR count). The van der Waals surface area contributed by atoms with Gasteiger partial charge in [-0.3, -0.25) is 9.36 Å². The molecule has 0 spiro atoms. The van der Waals surface area contributed by atoms with Crippen LogP contribution in [-0.2, 0) is 0 Å². The second-order valence-electron chi connectivity index (χ2n) is 8.16. The lowest BCUT2D eigenvalue weighted by molar-refractivity contribution is 0.0856. The van der Waals surface area contributed by atoms with E-state index in [0.717, 1.165) is 4.57 Å². The van der Waals surface area contributed by atoms with Crippen molar-refractivity contribution in [2.45, 2.75) is 20.8 Å². The number of hydrogen-bond donors (Lipinski definition) is 3. The standard InChI is InChI=1S/C22H18F3N3O3/c1-22(2,3)20(30)16-18(12-6-10(23)7-13(24)17(12)25)28(21(31)19(16)29)11-4-5-14-15(8-11)27-9-26-14/h4-9,29,31H,1-3H3,(H,26,27). The third-order valence-corrected chi connectivity index (χ3v) is 4.94. The van der Waals surface area contributed by atoms with Gasteiger partial charge in [-0.2, -0.15) is 0 Å². The Morgan fingerprint density at radius 3 is 2.48 bits per heavy atom. The maximum absolute atomic E-state index is 14.8. The van der Waals surface area contributed by atoms with Crippen molar-refractivity contribution < 1.29 is 28.2 Å². The summed E-state index contributed by atoms with van der Waals surface area (Å²) < 4.78 is 43.9. The van der Waals surface area contributed by atoms with E-state index in [1.54, 1.807) is 26.8 Å². The molecule has 9 heteroatoms. The number of nitrogens with one attached hydrogen (secondary N) is 1. The SMILES string of the molecule is CC(C)(C)C(=O)c1c(O)c(O)n(-c2ccc3nc[nH]c3c2)c1-c1cc(F)cc(F)c1F. The van der Waals surface area contributed by atoms with Crippen molar-refractivity contribution in [2.24, 2.45) is 5.41 Å². The molecule has 31 heavy (non-hydrogen) atoms. The highest BCUT2D eigenvalue weighted by Crippen LogP contribution is 2.46. The Hall–Kier alpha value is -3.75. The van der Waals surface area contributed by atoms with Crippen molar-refractivity contribution in [3.05, 3.63) is 59.7 Å². The summed E-state index contributed by atoms with van der Waals surface area (Å²) in [4.78, 5) is 20.1. The highest BCUT2D eigenvalue weighted by atomic mass is 19.2. The van der Waals surface area contributed by atoms with Crippen LogP contribution < -0.4 is 0 Å². The number of ketones is 1. The van der Waals surface area contributed by atoms with E-state index < -0.39 is 51.4 Å². The molecule has 0 atom stereocenters. The van der Waals surface area contributed by atoms with E-state index >= 15 is 0 Å². The van der Waals surface area contributed by atoms with Crippen LogP contribution in [0.4, 0.5) is 13.2 Å². The van der Waals surface area contributed by atoms with Crippen LogP contribution in [0.1, 0.15) is 31.1 Å². The van der Waals surface area contributed by atoms with E-state index in [-0.39, 0.29) is 11.4 Å². The van der Waals surface area contributed by atoms with Crippen molar-refractivity contribution in [1.29, 1.82) is 0 Å². The Labute approximate surface area is 174 Å². The van der Waals surface area contributed by atoms with E-state index in [9.17, 15) is 28.2 Å². The Morgan fingerprint density at radius 1 is 1.10 bits per heavy atom. The van der Waals surface area contributed by atoms with Gasteiger partial charge in [-0.1, -0.05) is 20.8 Å². The lowest BCUT2D eigenvalue weighted by Crippen LogP contribution is -2.21. The molecule has 0 bridgehead atoms. The Bertz CT molecular complexity index is 1350. The number of carbonyl (C=O) groups is 1. The van der Waals surface area contributed by atoms with Gasteiger partial charge < -0.3 is 15.2 Å². The zero-order chi connectivity index (χ0) is 22.7. The number of rotatable bonds is 3. The number of Topliss-reactive ketones (excluding diaryl/α,β-unsaturated/α-hetero) is 1. The highest BCUT2D eigenvalue weighted by molar-refractivity contribution is 6.08. The molecule has 2 aromatic heterocycles. The lowest BCUT2D eigenvalue weighted by atomic mass is 9.85. The van der Waals surface area contributed by atoms with Gasteiger partial charge in [0.2, 0.25) is 5.88 Å². The zero-order valence-corrected chi connectivity index (χ0v) is 16.8. The smallest absolute Gasteiger partial charge is 0.240 e. The summed E-state index contributed by atoms with van der Waals surface area (Å²) in [6.07, 6.45) is 1.44. The first-order valence-electron chi connectivity index (χ1n) is 9.30. The van der Waals surface area contributed by atoms with Crippen LogP contribution in [0, 0.1) is 22.9 Å². The third-order valence-electron chi connectivity index (χ3n) is 4.94. The fourth-order valence-electron chi connectivity index (χ4n) is 3.44. The molecule has 0 unspecified atom stereocenters. The molecule has 160 valence electrons. The van der Waals surface area contributed by atoms with Gasteiger partial charge in [0.15, 0.2) is 23.2 Å². The first kappa shape index (κ1) is 20.5. The molecular weight excluding hydrogens is 411 g/mol. The quantitative estimate of drug-likeness (QED) is 0.313. The van der Waals surface area contributed by atoms with Crippen molar-refractivity contribution in [3.63, 3.8) is 0 Å². The molecule has 0 aliphatic heterocycles. The van der Waals surface area contributed by atoms with Gasteiger partial charge in [0.05, 0.1) is 34.3 Å². The number of aromatic nitrogens is 3. The predicted molar refractivity (Wildman–Crippen MR) is 108 cm³/mol. The van der Waals surface area contributed by atoms with E-state index in [2.05, 4.69) is 9.97 Å². The van der Waals surface area contributed by atoms with Gasteiger partial charge >= 0.3 is 0 Å². The molecule has 0 aliphatic carbocycles. The first-order valence-corrected chi connectivity index (χ1v) is 9.30. The second-order valence-corrected chi connectivity index (χ2v) is 8.16. The van der Waals surface area contributed by atoms with E-state index in [4.69, 9.17) is 0 Å². The zero-order valence-electron chi connectivity index (χ0n) is 16.8. The minimum Gasteiger partial charge on any atom is -0.503 e. The summed E-state index contributed by atoms with van der Waals surface area (Å²) in [5.41, 5.74) is -1.15. The molecule has 2 aromatic carbocycles. The Morgan fingerprint density at radius 2 is 1.81 bits per heavy atom. The van der Waals surface area contributed by atoms with Gasteiger partial charge in [-0.15, -0.1) is 0 Å². The van der Waals surface area contributed by atoms with Crippen LogP contribution >= 0.6 is 0 Å². The number of nitrogens with zero attached hydrogens (tertiary/aromatic N) is 2. The third kappa shape index (κ3) is 3.22. The van der Waals surface area contributed by atoms with Crippen LogP contribution in [-0.4, -0.2) is 30.5 Å². The van der Waals surface area contributed by atoms with Crippen molar-refractivity contribution in [2.75, 3.05) is 0 Å². The van der Waals surface area contributed by atoms with E-state index in [1.165, 1.54) is 18.5 Å². The van der Waals surface area contributed by atoms with Gasteiger partial charge in [-0.25, -0.2) is 18.2 Å². The Balaban J connectivity index is 2.14. The summed E-state index contributed by atoms with van der Waals surface area (Å²) in [6, 6.07) is 5.70. The fourth-order valence-corrected chi connectivity index (χ4v) is 3.44. The van der Waals surface area contributed by atoms with Gasteiger partial charge in [-0.05, 0) is 24.3 Å². The molecule has 3 N–H and O–H groups in total. The van der Waals surface area contributed by atoms with Crippen molar-refractivity contribution in [1.82, 2.24) is 14.5 Å². The number of fused-ring (bicyclic) bond motifs is 1. The molecule has 4 aromatic rings. The average molecular weight is 429 g/mol. The molecule has 0 amide bonds. The molecule has 0 fully saturated rings. The number of hydrogen-bond acceptors (Lipinski definition) is 4. The maximum Gasteiger partial charge on any atom is 0.240 e. The summed E-state index contributed by atoms with van der Waals surface area (Å²) in [6.45, 7) is 4.68. The summed E-state index contributed by atoms with van der Waals surface area (Å²) in [7, 11) is 0. The molecule has 6 nitrogen and oxygen atoms in total. The predicted octanol–water partition coefficient (Wildman–Crippen LogP) is 5.08. The van der Waals surface area contributed by atoms with Crippen molar-refractivity contribution in [3.8, 4) is 28.6 Å². The fraction of sp³-hybridized carbons (Fsp3) is 0.182. The topological polar surface area (TPSA) is 91.1 Å². The minimum absolute atomic E-state index is 0.205. The number of halogens is 3. The highest BCUT2D eigenvalue weighted by Gasteiger charge is 2.36. The van der Waals surface area contributed by atoms with Gasteiger partial charge in [0, 0.05) is 17.0 Å². The summed E-state index contributed by atoms with van der Waals surface area (Å²) in [5.74, 6) is -6.22. The number of aromatic amines is 1. The molecule has 0 saturated carbocycles. The normalized spacial score (nSPS) is 11.9. The number of aromatic hydroxyl groups is 2. The monoisotopic (exact) mass is 429 g/mol. The average Bonchev–Trinajstić information content (AvgIpc) is 3.25. The minimum atomic E-state index is -1.47. The van der Waals surface area contributed by atoms with Crippen molar-refractivity contribution >= 4 is 16.8 Å². The number of benzene rings is 2. The lowest BCUT2D eigenvalue weighted by Gasteiger charge is -2.18. The molecule has 0 radical (unpaired) electrons. The van der Waals surface area contributed by atoms with Crippen LogP contribution in [0.2, 0.25) is 0 Å². The first-order chi connectivity index (χ1) is 14.5. The van der Waals surface area contributed by atoms with E-state index in [0.29, 0.717) is 23.2 Å². The number of H-pyrrole nitrogens is 1. The molecule has 2 heterocycles. The van der Waals surface area contributed by atoms with Crippen LogP contribution in [0.3, 0.4) is 0 Å². The van der Waals surface area contributed by atoms with Crippen LogP contribution in [0.5, 0.6) is 11.6 Å². The van der Waals surface area contributed by atoms with E-state index in [1.807, 2.05) is 0 Å². The molecule has 0 saturated heterocycles. The molecular formula is C22H18F3N3O3. The number of imidazole rings is 1. The Kier molecular flexibility index (Phi) is 4.57. The van der Waals surface area contributed by atoms with Gasteiger partial charge in [0.25, 0.3) is 0 Å².